The Balaban J connectivity index is 1.75. The van der Waals surface area contributed by atoms with E-state index in [1.54, 1.807) is 31.4 Å². The van der Waals surface area contributed by atoms with E-state index in [4.69, 9.17) is 25.8 Å². The van der Waals surface area contributed by atoms with Crippen LogP contribution in [0.5, 0.6) is 17.2 Å². The molecule has 1 N–H and O–H groups in total. The minimum Gasteiger partial charge on any atom is -0.497 e. The number of nitriles is 1. The van der Waals surface area contributed by atoms with Crippen LogP contribution in [0.3, 0.4) is 0 Å². The van der Waals surface area contributed by atoms with Crippen LogP contribution in [-0.2, 0) is 17.9 Å². The summed E-state index contributed by atoms with van der Waals surface area (Å²) in [5, 5.41) is 13.0. The number of methoxy groups -OCH3 is 1. The van der Waals surface area contributed by atoms with Crippen LogP contribution in [0.2, 0.25) is 5.02 Å². The largest absolute Gasteiger partial charge is 0.497 e. The number of rotatable bonds is 10. The molecule has 8 heteroatoms. The van der Waals surface area contributed by atoms with E-state index in [2.05, 4.69) is 21.2 Å². The molecule has 0 saturated carbocycles. The van der Waals surface area contributed by atoms with Crippen molar-refractivity contribution in [3.8, 4) is 23.3 Å². The number of benzene rings is 3. The molecule has 6 nitrogen and oxygen atoms in total. The van der Waals surface area contributed by atoms with Crippen LogP contribution in [0.25, 0.3) is 6.08 Å². The average Bonchev–Trinajstić information content (AvgIpc) is 2.87. The molecule has 0 aliphatic rings. The molecule has 0 saturated heterocycles. The Labute approximate surface area is 218 Å². The van der Waals surface area contributed by atoms with E-state index >= 15 is 0 Å². The molecule has 0 bridgehead atoms. The predicted molar refractivity (Wildman–Crippen MR) is 140 cm³/mol. The molecule has 180 valence electrons. The Morgan fingerprint density at radius 1 is 1.09 bits per heavy atom. The number of hydrogen-bond donors (Lipinski definition) is 1. The van der Waals surface area contributed by atoms with E-state index < -0.39 is 5.91 Å². The molecule has 3 rings (SSSR count). The van der Waals surface area contributed by atoms with Gasteiger partial charge in [0.15, 0.2) is 11.5 Å². The van der Waals surface area contributed by atoms with E-state index in [-0.39, 0.29) is 12.1 Å². The summed E-state index contributed by atoms with van der Waals surface area (Å²) in [6.45, 7) is 2.90. The molecule has 0 spiro atoms. The first-order chi connectivity index (χ1) is 16.9. The van der Waals surface area contributed by atoms with Gasteiger partial charge in [-0.25, -0.2) is 0 Å². The third kappa shape index (κ3) is 7.51. The van der Waals surface area contributed by atoms with Crippen LogP contribution in [-0.4, -0.2) is 19.6 Å². The number of nitrogens with one attached hydrogen (secondary N) is 1. The van der Waals surface area contributed by atoms with Gasteiger partial charge in [0.05, 0.1) is 18.2 Å². The maximum absolute atomic E-state index is 12.6. The molecule has 3 aromatic carbocycles. The van der Waals surface area contributed by atoms with Gasteiger partial charge in [-0.2, -0.15) is 5.26 Å². The topological polar surface area (TPSA) is 80.6 Å². The second-order valence-corrected chi connectivity index (χ2v) is 8.67. The van der Waals surface area contributed by atoms with Crippen LogP contribution in [0, 0.1) is 11.3 Å². The fourth-order valence-electron chi connectivity index (χ4n) is 3.15. The van der Waals surface area contributed by atoms with Gasteiger partial charge in [0.25, 0.3) is 5.91 Å². The molecular formula is C27H24BrClN2O4. The second-order valence-electron chi connectivity index (χ2n) is 7.38. The zero-order valence-corrected chi connectivity index (χ0v) is 21.7. The van der Waals surface area contributed by atoms with Crippen molar-refractivity contribution in [3.05, 3.63) is 92.4 Å². The van der Waals surface area contributed by atoms with E-state index in [1.165, 1.54) is 6.08 Å². The smallest absolute Gasteiger partial charge is 0.262 e. The highest BCUT2D eigenvalue weighted by molar-refractivity contribution is 9.10. The number of hydrogen-bond acceptors (Lipinski definition) is 5. The Kier molecular flexibility index (Phi) is 9.59. The second kappa shape index (κ2) is 12.8. The maximum atomic E-state index is 12.6. The van der Waals surface area contributed by atoms with Crippen molar-refractivity contribution in [1.82, 2.24) is 5.32 Å². The van der Waals surface area contributed by atoms with E-state index in [1.807, 2.05) is 49.4 Å². The summed E-state index contributed by atoms with van der Waals surface area (Å²) in [4.78, 5) is 12.6. The third-order valence-electron chi connectivity index (χ3n) is 4.92. The molecule has 0 heterocycles. The Bertz CT molecular complexity index is 1240. The summed E-state index contributed by atoms with van der Waals surface area (Å²) >= 11 is 9.47. The molecule has 0 radical (unpaired) electrons. The van der Waals surface area contributed by atoms with Gasteiger partial charge in [0, 0.05) is 11.6 Å². The highest BCUT2D eigenvalue weighted by Crippen LogP contribution is 2.38. The first-order valence-electron chi connectivity index (χ1n) is 10.8. The standard InChI is InChI=1S/C27H24BrClN2O4/c1-3-34-25-14-20(13-24(28)26(25)35-17-19-4-8-22(29)9-5-19)12-21(15-30)27(32)31-16-18-6-10-23(33-2)11-7-18/h4-14H,3,16-17H2,1-2H3,(H,31,32)/b21-12-. The number of halogens is 2. The normalized spacial score (nSPS) is 10.9. The molecule has 0 unspecified atom stereocenters. The monoisotopic (exact) mass is 554 g/mol. The summed E-state index contributed by atoms with van der Waals surface area (Å²) in [5.74, 6) is 1.29. The van der Waals surface area contributed by atoms with Gasteiger partial charge < -0.3 is 19.5 Å². The van der Waals surface area contributed by atoms with Crippen LogP contribution in [0.1, 0.15) is 23.6 Å². The summed E-state index contributed by atoms with van der Waals surface area (Å²) in [6, 6.07) is 20.2. The van der Waals surface area contributed by atoms with Crippen LogP contribution in [0.4, 0.5) is 0 Å². The Morgan fingerprint density at radius 2 is 1.77 bits per heavy atom. The lowest BCUT2D eigenvalue weighted by Gasteiger charge is -2.15. The van der Waals surface area contributed by atoms with E-state index in [9.17, 15) is 10.1 Å². The number of carbonyl (C=O) groups is 1. The number of ether oxygens (including phenoxy) is 3. The number of nitrogens with zero attached hydrogens (tertiary/aromatic N) is 1. The van der Waals surface area contributed by atoms with Crippen molar-refractivity contribution in [2.24, 2.45) is 0 Å². The van der Waals surface area contributed by atoms with Crippen LogP contribution >= 0.6 is 27.5 Å². The summed E-state index contributed by atoms with van der Waals surface area (Å²) in [6.07, 6.45) is 1.51. The minimum atomic E-state index is -0.472. The highest BCUT2D eigenvalue weighted by Gasteiger charge is 2.15. The first kappa shape index (κ1) is 26.1. The van der Waals surface area contributed by atoms with Crippen LogP contribution in [0.15, 0.2) is 70.7 Å². The molecule has 0 aliphatic carbocycles. The third-order valence-corrected chi connectivity index (χ3v) is 5.76. The lowest BCUT2D eigenvalue weighted by atomic mass is 10.1. The van der Waals surface area contributed by atoms with Crippen molar-refractivity contribution < 1.29 is 19.0 Å². The van der Waals surface area contributed by atoms with Crippen molar-refractivity contribution in [2.45, 2.75) is 20.1 Å². The fraction of sp³-hybridized carbons (Fsp3) is 0.185. The van der Waals surface area contributed by atoms with Crippen molar-refractivity contribution in [3.63, 3.8) is 0 Å². The van der Waals surface area contributed by atoms with E-state index in [0.29, 0.717) is 39.8 Å². The average molecular weight is 556 g/mol. The molecular weight excluding hydrogens is 532 g/mol. The highest BCUT2D eigenvalue weighted by atomic mass is 79.9. The summed E-state index contributed by atoms with van der Waals surface area (Å²) in [5.41, 5.74) is 2.44. The molecule has 3 aromatic rings. The lowest BCUT2D eigenvalue weighted by molar-refractivity contribution is -0.117. The fourth-order valence-corrected chi connectivity index (χ4v) is 3.85. The predicted octanol–water partition coefficient (Wildman–Crippen LogP) is 6.31. The van der Waals surface area contributed by atoms with Gasteiger partial charge >= 0.3 is 0 Å². The quantitative estimate of drug-likeness (QED) is 0.234. The van der Waals surface area contributed by atoms with Crippen LogP contribution < -0.4 is 19.5 Å². The van der Waals surface area contributed by atoms with Gasteiger partial charge in [-0.3, -0.25) is 4.79 Å². The number of carbonyl (C=O) groups excluding carboxylic acids is 1. The maximum Gasteiger partial charge on any atom is 0.262 e. The Hall–Kier alpha value is -3.47. The first-order valence-corrected chi connectivity index (χ1v) is 12.0. The molecule has 0 fully saturated rings. The van der Waals surface area contributed by atoms with Gasteiger partial charge in [0.2, 0.25) is 0 Å². The zero-order chi connectivity index (χ0) is 25.2. The van der Waals surface area contributed by atoms with Gasteiger partial charge in [-0.05, 0) is 82.0 Å². The Morgan fingerprint density at radius 3 is 2.40 bits per heavy atom. The van der Waals surface area contributed by atoms with Gasteiger partial charge in [0.1, 0.15) is 24.0 Å². The van der Waals surface area contributed by atoms with E-state index in [0.717, 1.165) is 16.9 Å². The molecule has 0 aliphatic heterocycles. The molecule has 0 atom stereocenters. The summed E-state index contributed by atoms with van der Waals surface area (Å²) < 4.78 is 17.5. The molecule has 35 heavy (non-hydrogen) atoms. The van der Waals surface area contributed by atoms with Crippen molar-refractivity contribution in [1.29, 1.82) is 5.26 Å². The van der Waals surface area contributed by atoms with Crippen molar-refractivity contribution >= 4 is 39.5 Å². The molecule has 0 aromatic heterocycles. The van der Waals surface area contributed by atoms with Gasteiger partial charge in [-0.15, -0.1) is 0 Å². The SMILES string of the molecule is CCOc1cc(/C=C(/C#N)C(=O)NCc2ccc(OC)cc2)cc(Br)c1OCc1ccc(Cl)cc1. The van der Waals surface area contributed by atoms with Gasteiger partial charge in [-0.1, -0.05) is 35.9 Å². The van der Waals surface area contributed by atoms with Crippen molar-refractivity contribution in [2.75, 3.05) is 13.7 Å². The zero-order valence-electron chi connectivity index (χ0n) is 19.3. The number of amides is 1. The lowest BCUT2D eigenvalue weighted by Crippen LogP contribution is -2.23. The summed E-state index contributed by atoms with van der Waals surface area (Å²) in [7, 11) is 1.59. The minimum absolute atomic E-state index is 0.0253. The molecule has 1 amide bonds.